The number of hydroxylamine groups is 2. The molecule has 0 aromatic rings. The molecule has 0 aromatic carbocycles. The Morgan fingerprint density at radius 1 is 0.629 bits per heavy atom. The summed E-state index contributed by atoms with van der Waals surface area (Å²) in [5.41, 5.74) is -1.08. The summed E-state index contributed by atoms with van der Waals surface area (Å²) in [6.45, 7) is 30.1. The maximum Gasteiger partial charge on any atom is 0.309 e. The Morgan fingerprint density at radius 3 is 1.69 bits per heavy atom. The van der Waals surface area contributed by atoms with E-state index in [4.69, 9.17) is 4.84 Å². The summed E-state index contributed by atoms with van der Waals surface area (Å²) in [6, 6.07) is 0. The highest BCUT2D eigenvalue weighted by Crippen LogP contribution is 2.77. The molecule has 12 nitrogen and oxygen atoms in total. The van der Waals surface area contributed by atoms with E-state index in [1.54, 1.807) is 37.5 Å². The average Bonchev–Trinajstić information content (AvgIpc) is 3.60. The van der Waals surface area contributed by atoms with Gasteiger partial charge in [-0.25, -0.2) is 0 Å². The number of amides is 3. The molecule has 7 aliphatic rings. The maximum absolute atomic E-state index is 15.1. The predicted molar refractivity (Wildman–Crippen MR) is 237 cm³/mol. The number of hydrogen-bond donors (Lipinski definition) is 2. The third-order valence-electron chi connectivity index (χ3n) is 19.6. The van der Waals surface area contributed by atoms with Crippen molar-refractivity contribution in [3.8, 4) is 0 Å². The number of piperazine rings is 2. The van der Waals surface area contributed by atoms with Crippen LogP contribution >= 0.6 is 0 Å². The average molecular weight is 865 g/mol. The number of allylic oxidation sites excluding steroid dienone is 1. The number of carboxylic acids is 2. The number of carboxylic acid groups (broad SMARTS) is 2. The van der Waals surface area contributed by atoms with Gasteiger partial charge in [0.05, 0.1) is 22.3 Å². The van der Waals surface area contributed by atoms with Crippen molar-refractivity contribution in [3.05, 3.63) is 12.2 Å². The molecule has 5 saturated carbocycles. The lowest BCUT2D eigenvalue weighted by molar-refractivity contribution is -0.290. The van der Waals surface area contributed by atoms with Gasteiger partial charge in [0.25, 0.3) is 0 Å². The number of carbonyl (C=O) groups is 5. The van der Waals surface area contributed by atoms with Gasteiger partial charge in [-0.2, -0.15) is 5.06 Å². The molecule has 12 heteroatoms. The van der Waals surface area contributed by atoms with Gasteiger partial charge in [0.15, 0.2) is 0 Å². The lowest BCUT2D eigenvalue weighted by atomic mass is 9.32. The highest BCUT2D eigenvalue weighted by atomic mass is 16.7. The summed E-state index contributed by atoms with van der Waals surface area (Å²) in [6.07, 6.45) is 10.6. The fourth-order valence-electron chi connectivity index (χ4n) is 15.5. The Kier molecular flexibility index (Phi) is 12.2. The largest absolute Gasteiger partial charge is 0.481 e. The predicted octanol–water partition coefficient (Wildman–Crippen LogP) is 7.76. The topological polar surface area (TPSA) is 148 Å². The summed E-state index contributed by atoms with van der Waals surface area (Å²) in [4.78, 5) is 77.2. The Morgan fingerprint density at radius 2 is 1.16 bits per heavy atom. The molecular formula is C50H80N4O8. The second-order valence-corrected chi connectivity index (χ2v) is 24.0. The van der Waals surface area contributed by atoms with Crippen LogP contribution < -0.4 is 0 Å². The Bertz CT molecular complexity index is 1810. The molecule has 2 N–H and O–H groups in total. The molecule has 7 fully saturated rings. The fourth-order valence-corrected chi connectivity index (χ4v) is 15.5. The minimum absolute atomic E-state index is 0.00637. The number of aliphatic carboxylic acids is 2. The van der Waals surface area contributed by atoms with Crippen LogP contribution in [0.4, 0.5) is 0 Å². The number of carbonyl (C=O) groups excluding carboxylic acids is 3. The second-order valence-electron chi connectivity index (χ2n) is 24.0. The molecule has 10 atom stereocenters. The quantitative estimate of drug-likeness (QED) is 0.210. The zero-order chi connectivity index (χ0) is 45.6. The molecule has 2 heterocycles. The molecular weight excluding hydrogens is 785 g/mol. The molecule has 0 radical (unpaired) electrons. The van der Waals surface area contributed by atoms with Crippen molar-refractivity contribution >= 4 is 29.7 Å². The van der Waals surface area contributed by atoms with E-state index in [2.05, 4.69) is 53.2 Å². The first-order chi connectivity index (χ1) is 28.7. The van der Waals surface area contributed by atoms with Gasteiger partial charge in [-0.05, 0) is 150 Å². The summed E-state index contributed by atoms with van der Waals surface area (Å²) < 4.78 is 0. The smallest absolute Gasteiger partial charge is 0.309 e. The van der Waals surface area contributed by atoms with Gasteiger partial charge in [-0.15, -0.1) is 0 Å². The summed E-state index contributed by atoms with van der Waals surface area (Å²) in [5.74, 6) is 0.173. The third kappa shape index (κ3) is 7.54. The van der Waals surface area contributed by atoms with Crippen molar-refractivity contribution in [3.63, 3.8) is 0 Å². The molecule has 2 saturated heterocycles. The molecule has 62 heavy (non-hydrogen) atoms. The molecule has 0 unspecified atom stereocenters. The number of fused-ring (bicyclic) bond motifs is 7. The Hall–Kier alpha value is -2.99. The molecule has 3 amide bonds. The number of hydrogen-bond acceptors (Lipinski definition) is 7. The van der Waals surface area contributed by atoms with E-state index >= 15 is 4.79 Å². The van der Waals surface area contributed by atoms with Crippen molar-refractivity contribution in [2.45, 2.75) is 152 Å². The Balaban J connectivity index is 1.04. The van der Waals surface area contributed by atoms with E-state index in [1.165, 1.54) is 18.4 Å². The van der Waals surface area contributed by atoms with Crippen LogP contribution in [0.25, 0.3) is 0 Å². The zero-order valence-electron chi connectivity index (χ0n) is 39.9. The highest BCUT2D eigenvalue weighted by molar-refractivity contribution is 5.86. The van der Waals surface area contributed by atoms with Crippen LogP contribution in [-0.4, -0.2) is 118 Å². The Labute approximate surface area is 371 Å². The summed E-state index contributed by atoms with van der Waals surface area (Å²) >= 11 is 0. The first-order valence-electron chi connectivity index (χ1n) is 24.1. The van der Waals surface area contributed by atoms with E-state index in [0.717, 1.165) is 51.4 Å². The van der Waals surface area contributed by atoms with E-state index < -0.39 is 28.2 Å². The number of rotatable bonds is 10. The summed E-state index contributed by atoms with van der Waals surface area (Å²) in [5, 5.41) is 21.2. The van der Waals surface area contributed by atoms with Crippen LogP contribution in [-0.2, 0) is 28.8 Å². The van der Waals surface area contributed by atoms with Crippen molar-refractivity contribution in [2.75, 3.05) is 52.4 Å². The molecule has 0 aromatic heterocycles. The van der Waals surface area contributed by atoms with E-state index in [1.807, 2.05) is 4.90 Å². The van der Waals surface area contributed by atoms with E-state index in [9.17, 15) is 29.4 Å². The van der Waals surface area contributed by atoms with Crippen LogP contribution in [0, 0.1) is 67.5 Å². The van der Waals surface area contributed by atoms with Crippen LogP contribution in [0.15, 0.2) is 12.2 Å². The molecule has 2 aliphatic heterocycles. The van der Waals surface area contributed by atoms with Gasteiger partial charge in [0, 0.05) is 65.2 Å². The van der Waals surface area contributed by atoms with Gasteiger partial charge in [-0.3, -0.25) is 28.8 Å². The number of nitrogens with zero attached hydrogens (tertiary/aromatic N) is 4. The summed E-state index contributed by atoms with van der Waals surface area (Å²) in [7, 11) is 0. The monoisotopic (exact) mass is 865 g/mol. The fraction of sp³-hybridized carbons (Fsp3) is 0.860. The van der Waals surface area contributed by atoms with Crippen molar-refractivity contribution in [1.29, 1.82) is 0 Å². The van der Waals surface area contributed by atoms with E-state index in [0.29, 0.717) is 76.0 Å². The van der Waals surface area contributed by atoms with Crippen molar-refractivity contribution in [2.24, 2.45) is 67.5 Å². The van der Waals surface area contributed by atoms with Gasteiger partial charge in [0.1, 0.15) is 0 Å². The minimum Gasteiger partial charge on any atom is -0.481 e. The zero-order valence-corrected chi connectivity index (χ0v) is 39.9. The van der Waals surface area contributed by atoms with Crippen molar-refractivity contribution in [1.82, 2.24) is 19.8 Å². The van der Waals surface area contributed by atoms with Gasteiger partial charge in [0.2, 0.25) is 17.7 Å². The van der Waals surface area contributed by atoms with Gasteiger partial charge >= 0.3 is 11.9 Å². The normalized spacial score (nSPS) is 38.6. The minimum atomic E-state index is -1.13. The van der Waals surface area contributed by atoms with Crippen LogP contribution in [0.2, 0.25) is 0 Å². The second kappa shape index (κ2) is 16.2. The van der Waals surface area contributed by atoms with Crippen molar-refractivity contribution < 1.29 is 39.0 Å². The molecule has 7 rings (SSSR count). The standard InChI is InChI=1S/C50H80N4O8/c1-32(2)33-14-19-50(41(57)53-24-22-51(23-25-53)38(55)30-44(3,4)42(58)59)21-20-48(10)34(40(33)50)12-13-36-47(9)17-16-37(46(7,8)35(47)15-18-49(36,48)11)62-54-28-26-52(27-29-54)39(56)31-45(5,6)43(60)61/h33-37,40H,1,12-31H2,2-11H3,(H,58,59)(H,60,61)/t33-,34+,35-,36+,37-,40+,47-,48+,49+,50-/m0/s1. The third-order valence-corrected chi connectivity index (χ3v) is 19.6. The molecule has 5 aliphatic carbocycles. The first-order valence-corrected chi connectivity index (χ1v) is 24.1. The molecule has 348 valence electrons. The van der Waals surface area contributed by atoms with Gasteiger partial charge in [-0.1, -0.05) is 46.8 Å². The van der Waals surface area contributed by atoms with Crippen LogP contribution in [0.5, 0.6) is 0 Å². The van der Waals surface area contributed by atoms with E-state index in [-0.39, 0.29) is 64.2 Å². The maximum atomic E-state index is 15.1. The SMILES string of the molecule is C=C(C)[C@@H]1CC[C@]2(C(=O)N3CCN(C(=O)CC(C)(C)C(=O)O)CC3)CC[C@]3(C)[C@H](CC[C@@H]4[C@@]5(C)CC[C@H](ON6CCN(C(=O)CC(C)(C)C(=O)O)CC6)C(C)(C)[C@@H]5CC[C@]43C)[C@@H]12. The lowest BCUT2D eigenvalue weighted by Crippen LogP contribution is -2.68. The highest BCUT2D eigenvalue weighted by Gasteiger charge is 2.72. The first kappa shape index (κ1) is 47.0. The lowest BCUT2D eigenvalue weighted by Gasteiger charge is -2.73. The van der Waals surface area contributed by atoms with Gasteiger partial charge < -0.3 is 24.9 Å². The molecule has 0 bridgehead atoms. The van der Waals surface area contributed by atoms with Crippen LogP contribution in [0.3, 0.4) is 0 Å². The van der Waals surface area contributed by atoms with Crippen LogP contribution in [0.1, 0.15) is 146 Å². The molecule has 0 spiro atoms.